The van der Waals surface area contributed by atoms with Gasteiger partial charge >= 0.3 is 0 Å². The van der Waals surface area contributed by atoms with Gasteiger partial charge in [-0.15, -0.1) is 0 Å². The first-order chi connectivity index (χ1) is 26.0. The number of unbranched alkanes of at least 4 members (excludes halogenated alkanes) is 32. The van der Waals surface area contributed by atoms with Gasteiger partial charge in [0.05, 0.1) is 31.3 Å². The van der Waals surface area contributed by atoms with Crippen molar-refractivity contribution in [2.45, 2.75) is 270 Å². The number of nitrogens with one attached hydrogen (secondary N) is 1. The van der Waals surface area contributed by atoms with Crippen molar-refractivity contribution in [1.29, 1.82) is 0 Å². The summed E-state index contributed by atoms with van der Waals surface area (Å²) in [6.45, 7) is 4.16. The lowest BCUT2D eigenvalue weighted by Gasteiger charge is -2.21. The van der Waals surface area contributed by atoms with Crippen LogP contribution in [0.4, 0.5) is 0 Å². The molecule has 0 bridgehead atoms. The number of rotatable bonds is 43. The summed E-state index contributed by atoms with van der Waals surface area (Å²) in [5, 5.41) is 33.0. The summed E-state index contributed by atoms with van der Waals surface area (Å²) in [6.07, 6.45) is 53.7. The Labute approximate surface area is 331 Å². The third-order valence-electron chi connectivity index (χ3n) is 11.0. The Kier molecular flexibility index (Phi) is 42.6. The van der Waals surface area contributed by atoms with Crippen molar-refractivity contribution >= 4 is 5.91 Å². The molecule has 0 aliphatic carbocycles. The number of hydrogen-bond donors (Lipinski definition) is 4. The fourth-order valence-corrected chi connectivity index (χ4v) is 7.36. The molecule has 0 aliphatic heterocycles. The first kappa shape index (κ1) is 51.8. The van der Waals surface area contributed by atoms with E-state index in [1.54, 1.807) is 6.08 Å². The molecule has 314 valence electrons. The van der Waals surface area contributed by atoms with Gasteiger partial charge < -0.3 is 20.6 Å². The Bertz CT molecular complexity index is 784. The standard InChI is InChI=1S/C48H93NO4/c1-3-5-7-9-11-13-14-15-16-17-18-19-20-21-22-23-24-25-26-27-28-29-30-31-32-34-35-37-39-41-45(51)43-48(53)49-46(44-50)47(52)42-40-38-36-33-12-10-8-6-4-2/h12,33,40,42,45-47,50-52H,3-11,13-32,34-39,41,43-44H2,1-2H3,(H,49,53)/b33-12+,42-40+. The Morgan fingerprint density at radius 2 is 0.811 bits per heavy atom. The molecule has 3 atom stereocenters. The third-order valence-corrected chi connectivity index (χ3v) is 11.0. The number of allylic oxidation sites excluding steroid dienone is 3. The molecule has 3 unspecified atom stereocenters. The van der Waals surface area contributed by atoms with Crippen LogP contribution < -0.4 is 5.32 Å². The Morgan fingerprint density at radius 3 is 1.21 bits per heavy atom. The molecule has 0 aromatic carbocycles. The summed E-state index contributed by atoms with van der Waals surface area (Å²) < 4.78 is 0. The average molecular weight is 748 g/mol. The van der Waals surface area contributed by atoms with Crippen LogP contribution in [-0.4, -0.2) is 46.1 Å². The molecule has 0 heterocycles. The second-order valence-corrected chi connectivity index (χ2v) is 16.4. The van der Waals surface area contributed by atoms with Gasteiger partial charge in [0.2, 0.25) is 5.91 Å². The van der Waals surface area contributed by atoms with Crippen molar-refractivity contribution in [2.24, 2.45) is 0 Å². The van der Waals surface area contributed by atoms with Crippen LogP contribution in [0.3, 0.4) is 0 Å². The molecule has 4 N–H and O–H groups in total. The highest BCUT2D eigenvalue weighted by Crippen LogP contribution is 2.17. The molecule has 0 aromatic heterocycles. The number of hydrogen-bond acceptors (Lipinski definition) is 4. The summed E-state index contributed by atoms with van der Waals surface area (Å²) >= 11 is 0. The van der Waals surface area contributed by atoms with E-state index in [-0.39, 0.29) is 18.9 Å². The summed E-state index contributed by atoms with van der Waals surface area (Å²) in [7, 11) is 0. The minimum atomic E-state index is -0.946. The van der Waals surface area contributed by atoms with Gasteiger partial charge in [0.25, 0.3) is 0 Å². The van der Waals surface area contributed by atoms with Crippen molar-refractivity contribution in [1.82, 2.24) is 5.32 Å². The van der Waals surface area contributed by atoms with Crippen LogP contribution in [-0.2, 0) is 4.79 Å². The highest BCUT2D eigenvalue weighted by Gasteiger charge is 2.20. The van der Waals surface area contributed by atoms with Crippen molar-refractivity contribution in [3.8, 4) is 0 Å². The second kappa shape index (κ2) is 43.6. The highest BCUT2D eigenvalue weighted by molar-refractivity contribution is 5.76. The van der Waals surface area contributed by atoms with E-state index in [1.807, 2.05) is 6.08 Å². The van der Waals surface area contributed by atoms with Gasteiger partial charge in [-0.2, -0.15) is 0 Å². The van der Waals surface area contributed by atoms with E-state index in [2.05, 4.69) is 31.3 Å². The lowest BCUT2D eigenvalue weighted by Crippen LogP contribution is -2.45. The van der Waals surface area contributed by atoms with Crippen molar-refractivity contribution in [3.63, 3.8) is 0 Å². The smallest absolute Gasteiger partial charge is 0.222 e. The Hall–Kier alpha value is -1.17. The maximum Gasteiger partial charge on any atom is 0.222 e. The summed E-state index contributed by atoms with van der Waals surface area (Å²) in [5.74, 6) is -0.325. The topological polar surface area (TPSA) is 89.8 Å². The molecule has 0 rings (SSSR count). The molecule has 0 saturated carbocycles. The van der Waals surface area contributed by atoms with Gasteiger partial charge in [-0.1, -0.05) is 237 Å². The minimum absolute atomic E-state index is 0.00922. The fourth-order valence-electron chi connectivity index (χ4n) is 7.36. The van der Waals surface area contributed by atoms with Crippen LogP contribution in [0.5, 0.6) is 0 Å². The van der Waals surface area contributed by atoms with Crippen molar-refractivity contribution in [2.75, 3.05) is 6.61 Å². The average Bonchev–Trinajstić information content (AvgIpc) is 3.15. The number of amides is 1. The van der Waals surface area contributed by atoms with Gasteiger partial charge in [-0.25, -0.2) is 0 Å². The zero-order valence-electron chi connectivity index (χ0n) is 35.7. The normalized spacial score (nSPS) is 13.7. The highest BCUT2D eigenvalue weighted by atomic mass is 16.3. The van der Waals surface area contributed by atoms with Crippen molar-refractivity contribution in [3.05, 3.63) is 24.3 Å². The SMILES string of the molecule is CCCCC/C=C/CC/C=C/C(O)C(CO)NC(=O)CC(O)CCCCCCCCCCCCCCCCCCCCCCCCCCCCCCC. The largest absolute Gasteiger partial charge is 0.394 e. The number of aliphatic hydroxyl groups excluding tert-OH is 3. The summed E-state index contributed by atoms with van der Waals surface area (Å²) in [4.78, 5) is 12.4. The van der Waals surface area contributed by atoms with E-state index in [9.17, 15) is 20.1 Å². The molecule has 0 radical (unpaired) electrons. The second-order valence-electron chi connectivity index (χ2n) is 16.4. The Morgan fingerprint density at radius 1 is 0.472 bits per heavy atom. The molecule has 0 aliphatic rings. The van der Waals surface area contributed by atoms with Crippen LogP contribution in [0.15, 0.2) is 24.3 Å². The van der Waals surface area contributed by atoms with Crippen molar-refractivity contribution < 1.29 is 20.1 Å². The Balaban J connectivity index is 3.47. The lowest BCUT2D eigenvalue weighted by atomic mass is 10.0. The predicted molar refractivity (Wildman–Crippen MR) is 231 cm³/mol. The number of carbonyl (C=O) groups is 1. The maximum atomic E-state index is 12.4. The molecule has 0 spiro atoms. The molecule has 0 saturated heterocycles. The molecule has 5 nitrogen and oxygen atoms in total. The lowest BCUT2D eigenvalue weighted by molar-refractivity contribution is -0.124. The zero-order valence-corrected chi connectivity index (χ0v) is 35.7. The first-order valence-corrected chi connectivity index (χ1v) is 23.6. The monoisotopic (exact) mass is 748 g/mol. The van der Waals surface area contributed by atoms with E-state index in [4.69, 9.17) is 0 Å². The molecular formula is C48H93NO4. The summed E-state index contributed by atoms with van der Waals surface area (Å²) in [6, 6.07) is -0.756. The molecule has 53 heavy (non-hydrogen) atoms. The van der Waals surface area contributed by atoms with Crippen LogP contribution in [0.2, 0.25) is 0 Å². The van der Waals surface area contributed by atoms with Crippen LogP contribution in [0.25, 0.3) is 0 Å². The van der Waals surface area contributed by atoms with E-state index < -0.39 is 18.2 Å². The summed E-state index contributed by atoms with van der Waals surface area (Å²) in [5.41, 5.74) is 0. The fraction of sp³-hybridized carbons (Fsp3) is 0.896. The zero-order chi connectivity index (χ0) is 38.7. The van der Waals surface area contributed by atoms with E-state index in [0.717, 1.165) is 32.1 Å². The predicted octanol–water partition coefficient (Wildman–Crippen LogP) is 13.8. The van der Waals surface area contributed by atoms with Gasteiger partial charge in [0.1, 0.15) is 0 Å². The minimum Gasteiger partial charge on any atom is -0.394 e. The molecule has 5 heteroatoms. The number of aliphatic hydroxyl groups is 3. The van der Waals surface area contributed by atoms with Gasteiger partial charge in [-0.05, 0) is 32.1 Å². The van der Waals surface area contributed by atoms with Gasteiger partial charge in [0.15, 0.2) is 0 Å². The van der Waals surface area contributed by atoms with Crippen LogP contribution >= 0.6 is 0 Å². The quantitative estimate of drug-likeness (QED) is 0.0369. The molecule has 1 amide bonds. The van der Waals surface area contributed by atoms with E-state index >= 15 is 0 Å². The van der Waals surface area contributed by atoms with Crippen LogP contribution in [0, 0.1) is 0 Å². The molecule has 0 fully saturated rings. The third kappa shape index (κ3) is 40.3. The van der Waals surface area contributed by atoms with Gasteiger partial charge in [0, 0.05) is 0 Å². The first-order valence-electron chi connectivity index (χ1n) is 23.6. The maximum absolute atomic E-state index is 12.4. The number of carbonyl (C=O) groups excluding carboxylic acids is 1. The molecular weight excluding hydrogens is 655 g/mol. The van der Waals surface area contributed by atoms with E-state index in [0.29, 0.717) is 6.42 Å². The van der Waals surface area contributed by atoms with E-state index in [1.165, 1.54) is 193 Å². The van der Waals surface area contributed by atoms with Crippen LogP contribution in [0.1, 0.15) is 251 Å². The molecule has 0 aromatic rings. The van der Waals surface area contributed by atoms with Gasteiger partial charge in [-0.3, -0.25) is 4.79 Å².